The summed E-state index contributed by atoms with van der Waals surface area (Å²) in [6.07, 6.45) is 0.878. The Kier molecular flexibility index (Phi) is 5.49. The molecule has 2 amide bonds. The van der Waals surface area contributed by atoms with E-state index in [1.807, 2.05) is 26.0 Å². The van der Waals surface area contributed by atoms with Crippen LogP contribution in [0.15, 0.2) is 42.6 Å². The van der Waals surface area contributed by atoms with Crippen LogP contribution in [0.1, 0.15) is 57.1 Å². The first-order valence-corrected chi connectivity index (χ1v) is 12.1. The van der Waals surface area contributed by atoms with Gasteiger partial charge in [0.25, 0.3) is 0 Å². The summed E-state index contributed by atoms with van der Waals surface area (Å²) in [5, 5.41) is 3.31. The van der Waals surface area contributed by atoms with Crippen LogP contribution in [0.5, 0.6) is 0 Å². The Hall–Kier alpha value is -2.90. The van der Waals surface area contributed by atoms with E-state index in [-0.39, 0.29) is 29.7 Å². The van der Waals surface area contributed by atoms with E-state index in [1.54, 1.807) is 12.1 Å². The Balaban J connectivity index is 1.29. The summed E-state index contributed by atoms with van der Waals surface area (Å²) >= 11 is 0. The number of hydrogen-bond donors (Lipinski definition) is 2. The van der Waals surface area contributed by atoms with Gasteiger partial charge in [0, 0.05) is 23.2 Å². The van der Waals surface area contributed by atoms with Crippen LogP contribution in [-0.4, -0.2) is 22.8 Å². The molecule has 4 fully saturated rings. The Bertz CT molecular complexity index is 1130. The first-order valence-electron chi connectivity index (χ1n) is 12.1. The number of nitrogens with two attached hydrogens (primary N) is 1. The summed E-state index contributed by atoms with van der Waals surface area (Å²) in [5.41, 5.74) is 5.72. The number of amides is 2. The fourth-order valence-electron chi connectivity index (χ4n) is 6.81. The van der Waals surface area contributed by atoms with Crippen molar-refractivity contribution in [3.8, 4) is 11.3 Å². The molecule has 0 aliphatic heterocycles. The maximum atomic E-state index is 13.4. The summed E-state index contributed by atoms with van der Waals surface area (Å²) < 4.78 is 38.4. The molecule has 186 valence electrons. The molecular weight excluding hydrogens is 455 g/mol. The second kappa shape index (κ2) is 8.07. The third-order valence-electron chi connectivity index (χ3n) is 8.65. The molecule has 5 atom stereocenters. The zero-order valence-corrected chi connectivity index (χ0v) is 19.9. The van der Waals surface area contributed by atoms with E-state index in [0.717, 1.165) is 49.9 Å². The summed E-state index contributed by atoms with van der Waals surface area (Å²) in [4.78, 5) is 29.6. The lowest BCUT2D eigenvalue weighted by atomic mass is 9.47. The van der Waals surface area contributed by atoms with Gasteiger partial charge in [0.05, 0.1) is 16.7 Å². The summed E-state index contributed by atoms with van der Waals surface area (Å²) in [6.45, 7) is 3.74. The van der Waals surface area contributed by atoms with Gasteiger partial charge in [-0.3, -0.25) is 14.6 Å². The molecule has 1 aromatic carbocycles. The topological polar surface area (TPSA) is 85.1 Å². The van der Waals surface area contributed by atoms with Gasteiger partial charge in [0.1, 0.15) is 0 Å². The number of rotatable bonds is 5. The SMILES string of the molecule is CC(C)(C(=O)NC1[C@@H]2CC3C[C@H]1CC(C(N)=O)(C3)C2)c1ccc(-c2ccc(C(F)(F)F)cn2)cc1. The second-order valence-corrected chi connectivity index (χ2v) is 11.2. The summed E-state index contributed by atoms with van der Waals surface area (Å²) in [5.74, 6) is 0.823. The van der Waals surface area contributed by atoms with Gasteiger partial charge in [-0.1, -0.05) is 24.3 Å². The molecule has 4 aliphatic carbocycles. The van der Waals surface area contributed by atoms with Gasteiger partial charge in [-0.15, -0.1) is 0 Å². The number of nitrogens with one attached hydrogen (secondary N) is 1. The molecule has 4 bridgehead atoms. The predicted molar refractivity (Wildman–Crippen MR) is 125 cm³/mol. The molecule has 8 heteroatoms. The molecule has 4 aliphatic rings. The van der Waals surface area contributed by atoms with Crippen molar-refractivity contribution in [1.82, 2.24) is 10.3 Å². The lowest BCUT2D eigenvalue weighted by Gasteiger charge is -2.59. The third-order valence-corrected chi connectivity index (χ3v) is 8.65. The molecule has 2 aromatic rings. The normalized spacial score (nSPS) is 29.7. The van der Waals surface area contributed by atoms with E-state index in [2.05, 4.69) is 10.3 Å². The van der Waals surface area contributed by atoms with Crippen LogP contribution < -0.4 is 11.1 Å². The zero-order chi connectivity index (χ0) is 25.2. The highest BCUT2D eigenvalue weighted by Gasteiger charge is 2.58. The minimum Gasteiger partial charge on any atom is -0.369 e. The zero-order valence-electron chi connectivity index (χ0n) is 19.9. The number of halogens is 3. The average molecular weight is 486 g/mol. The summed E-state index contributed by atoms with van der Waals surface area (Å²) in [7, 11) is 0. The predicted octanol–water partition coefficient (Wildman–Crippen LogP) is 4.84. The minimum absolute atomic E-state index is 0.0569. The first-order chi connectivity index (χ1) is 16.4. The highest BCUT2D eigenvalue weighted by atomic mass is 19.4. The number of aromatic nitrogens is 1. The van der Waals surface area contributed by atoms with Crippen LogP contribution in [0, 0.1) is 23.2 Å². The van der Waals surface area contributed by atoms with Gasteiger partial charge in [-0.05, 0) is 81.4 Å². The van der Waals surface area contributed by atoms with E-state index < -0.39 is 22.6 Å². The van der Waals surface area contributed by atoms with Crippen molar-refractivity contribution in [2.24, 2.45) is 28.9 Å². The monoisotopic (exact) mass is 485 g/mol. The number of hydrogen-bond acceptors (Lipinski definition) is 3. The van der Waals surface area contributed by atoms with Crippen LogP contribution in [0.25, 0.3) is 11.3 Å². The third kappa shape index (κ3) is 4.10. The summed E-state index contributed by atoms with van der Waals surface area (Å²) in [6, 6.07) is 9.63. The molecule has 3 unspecified atom stereocenters. The standard InChI is InChI=1S/C27H30F3N3O2/c1-25(2,19-5-3-16(4-6-19)21-8-7-20(14-32-21)27(28,29)30)24(35)33-22-17-9-15-10-18(22)13-26(11-15,12-17)23(31)34/h3-8,14-15,17-18,22H,9-13H2,1-2H3,(H2,31,34)(H,33,35)/t15?,17-,18+,22?,26?. The Morgan fingerprint density at radius 1 is 0.971 bits per heavy atom. The number of alkyl halides is 3. The van der Waals surface area contributed by atoms with Crippen LogP contribution in [0.3, 0.4) is 0 Å². The van der Waals surface area contributed by atoms with E-state index in [4.69, 9.17) is 5.73 Å². The molecule has 0 spiro atoms. The molecule has 0 radical (unpaired) electrons. The van der Waals surface area contributed by atoms with E-state index in [0.29, 0.717) is 17.2 Å². The van der Waals surface area contributed by atoms with Gasteiger partial charge in [-0.2, -0.15) is 13.2 Å². The van der Waals surface area contributed by atoms with Crippen molar-refractivity contribution in [1.29, 1.82) is 0 Å². The Labute approximate surface area is 202 Å². The van der Waals surface area contributed by atoms with E-state index >= 15 is 0 Å². The first kappa shape index (κ1) is 23.8. The molecule has 1 aromatic heterocycles. The highest BCUT2D eigenvalue weighted by molar-refractivity contribution is 5.88. The molecule has 3 N–H and O–H groups in total. The van der Waals surface area contributed by atoms with Gasteiger partial charge in [-0.25, -0.2) is 0 Å². The number of pyridine rings is 1. The lowest BCUT2D eigenvalue weighted by Crippen LogP contribution is -2.63. The minimum atomic E-state index is -4.43. The number of carbonyl (C=O) groups excluding carboxylic acids is 2. The van der Waals surface area contributed by atoms with E-state index in [1.165, 1.54) is 6.07 Å². The van der Waals surface area contributed by atoms with Crippen molar-refractivity contribution < 1.29 is 22.8 Å². The number of carbonyl (C=O) groups is 2. The average Bonchev–Trinajstić information content (AvgIpc) is 2.80. The van der Waals surface area contributed by atoms with Crippen molar-refractivity contribution in [3.05, 3.63) is 53.7 Å². The Morgan fingerprint density at radius 2 is 1.57 bits per heavy atom. The van der Waals surface area contributed by atoms with Crippen LogP contribution in [0.4, 0.5) is 13.2 Å². The van der Waals surface area contributed by atoms with Crippen molar-refractivity contribution >= 4 is 11.8 Å². The van der Waals surface area contributed by atoms with Crippen LogP contribution in [-0.2, 0) is 21.2 Å². The maximum absolute atomic E-state index is 13.4. The fraction of sp³-hybridized carbons (Fsp3) is 0.519. The van der Waals surface area contributed by atoms with Gasteiger partial charge in [0.2, 0.25) is 11.8 Å². The number of benzene rings is 1. The quantitative estimate of drug-likeness (QED) is 0.636. The van der Waals surface area contributed by atoms with E-state index in [9.17, 15) is 22.8 Å². The molecule has 0 saturated heterocycles. The lowest BCUT2D eigenvalue weighted by molar-refractivity contribution is -0.148. The molecule has 35 heavy (non-hydrogen) atoms. The van der Waals surface area contributed by atoms with Crippen molar-refractivity contribution in [3.63, 3.8) is 0 Å². The largest absolute Gasteiger partial charge is 0.417 e. The number of nitrogens with zero attached hydrogens (tertiary/aromatic N) is 1. The van der Waals surface area contributed by atoms with Gasteiger partial charge in [0.15, 0.2) is 0 Å². The maximum Gasteiger partial charge on any atom is 0.417 e. The number of primary amides is 1. The van der Waals surface area contributed by atoms with Gasteiger partial charge < -0.3 is 11.1 Å². The molecule has 4 saturated carbocycles. The van der Waals surface area contributed by atoms with Crippen molar-refractivity contribution in [2.75, 3.05) is 0 Å². The molecular formula is C27H30F3N3O2. The smallest absolute Gasteiger partial charge is 0.369 e. The van der Waals surface area contributed by atoms with Gasteiger partial charge >= 0.3 is 6.18 Å². The Morgan fingerprint density at radius 3 is 2.09 bits per heavy atom. The second-order valence-electron chi connectivity index (χ2n) is 11.2. The van der Waals surface area contributed by atoms with Crippen LogP contribution >= 0.6 is 0 Å². The highest BCUT2D eigenvalue weighted by Crippen LogP contribution is 2.60. The molecule has 1 heterocycles. The molecule has 6 rings (SSSR count). The molecule has 5 nitrogen and oxygen atoms in total. The fourth-order valence-corrected chi connectivity index (χ4v) is 6.81. The van der Waals surface area contributed by atoms with Crippen molar-refractivity contribution in [2.45, 2.75) is 63.6 Å². The van der Waals surface area contributed by atoms with Crippen LogP contribution in [0.2, 0.25) is 0 Å².